The zero-order chi connectivity index (χ0) is 17.3. The van der Waals surface area contributed by atoms with E-state index in [0.29, 0.717) is 23.2 Å². The Kier molecular flexibility index (Phi) is 4.77. The average molecular weight is 388 g/mol. The Morgan fingerprint density at radius 1 is 1.21 bits per heavy atom. The Hall–Kier alpha value is -1.68. The maximum absolute atomic E-state index is 12.6. The number of hydrogen-bond donors (Lipinski definition) is 1. The third-order valence-corrected chi connectivity index (χ3v) is 7.30. The summed E-state index contributed by atoms with van der Waals surface area (Å²) < 4.78 is 27.2. The SMILES string of the molecule is O=C(O)c1cccnc1N1CCN(S(=O)(=O)c2ccc(Cl)s2)CC1. The van der Waals surface area contributed by atoms with Crippen LogP contribution in [0.3, 0.4) is 0 Å². The summed E-state index contributed by atoms with van der Waals surface area (Å²) in [5.41, 5.74) is 0.110. The molecule has 3 rings (SSSR count). The van der Waals surface area contributed by atoms with Crippen molar-refractivity contribution in [3.8, 4) is 0 Å². The van der Waals surface area contributed by atoms with Crippen LogP contribution in [0.15, 0.2) is 34.7 Å². The van der Waals surface area contributed by atoms with Crippen LogP contribution in [-0.4, -0.2) is 55.0 Å². The molecule has 0 spiro atoms. The Morgan fingerprint density at radius 3 is 2.50 bits per heavy atom. The maximum Gasteiger partial charge on any atom is 0.339 e. The van der Waals surface area contributed by atoms with E-state index in [1.807, 2.05) is 0 Å². The van der Waals surface area contributed by atoms with Gasteiger partial charge in [-0.25, -0.2) is 18.2 Å². The molecule has 3 heterocycles. The number of carbonyl (C=O) groups is 1. The minimum atomic E-state index is -3.57. The van der Waals surface area contributed by atoms with Crippen molar-refractivity contribution in [2.45, 2.75) is 4.21 Å². The molecule has 7 nitrogen and oxygen atoms in total. The molecular weight excluding hydrogens is 374 g/mol. The number of hydrogen-bond acceptors (Lipinski definition) is 6. The lowest BCUT2D eigenvalue weighted by Crippen LogP contribution is -2.49. The summed E-state index contributed by atoms with van der Waals surface area (Å²) in [6.07, 6.45) is 1.53. The molecule has 0 radical (unpaired) electrons. The largest absolute Gasteiger partial charge is 0.478 e. The van der Waals surface area contributed by atoms with Crippen LogP contribution in [0.1, 0.15) is 10.4 Å². The van der Waals surface area contributed by atoms with Gasteiger partial charge in [-0.1, -0.05) is 11.6 Å². The molecule has 0 aliphatic carbocycles. The minimum absolute atomic E-state index is 0.110. The molecule has 0 amide bonds. The first-order valence-electron chi connectivity index (χ1n) is 7.08. The summed E-state index contributed by atoms with van der Waals surface area (Å²) in [6.45, 7) is 1.26. The number of halogens is 1. The van der Waals surface area contributed by atoms with Gasteiger partial charge in [-0.15, -0.1) is 11.3 Å². The highest BCUT2D eigenvalue weighted by Crippen LogP contribution is 2.29. The lowest BCUT2D eigenvalue weighted by Gasteiger charge is -2.34. The van der Waals surface area contributed by atoms with E-state index in [1.165, 1.54) is 22.6 Å². The van der Waals surface area contributed by atoms with Crippen LogP contribution in [0, 0.1) is 0 Å². The smallest absolute Gasteiger partial charge is 0.339 e. The standard InChI is InChI=1S/C14H14ClN3O4S2/c15-11-3-4-12(23-11)24(21,22)18-8-6-17(7-9-18)13-10(14(19)20)2-1-5-16-13/h1-5H,6-9H2,(H,19,20). The molecule has 24 heavy (non-hydrogen) atoms. The number of aromatic nitrogens is 1. The first-order valence-corrected chi connectivity index (χ1v) is 9.72. The van der Waals surface area contributed by atoms with E-state index in [2.05, 4.69) is 4.98 Å². The Balaban J connectivity index is 1.76. The number of thiophene rings is 1. The second kappa shape index (κ2) is 6.67. The van der Waals surface area contributed by atoms with Gasteiger partial charge in [0.25, 0.3) is 10.0 Å². The fourth-order valence-electron chi connectivity index (χ4n) is 2.52. The van der Waals surface area contributed by atoms with Crippen LogP contribution in [0.5, 0.6) is 0 Å². The normalized spacial score (nSPS) is 16.3. The Labute approximate surface area is 148 Å². The molecule has 1 aliphatic heterocycles. The van der Waals surface area contributed by atoms with E-state index in [1.54, 1.807) is 17.0 Å². The number of aromatic carboxylic acids is 1. The van der Waals surface area contributed by atoms with Gasteiger partial charge in [0.1, 0.15) is 15.6 Å². The van der Waals surface area contributed by atoms with Crippen molar-refractivity contribution in [3.05, 3.63) is 40.4 Å². The first kappa shape index (κ1) is 17.2. The molecule has 128 valence electrons. The van der Waals surface area contributed by atoms with Gasteiger partial charge in [0.15, 0.2) is 0 Å². The van der Waals surface area contributed by atoms with Crippen molar-refractivity contribution in [2.75, 3.05) is 31.1 Å². The molecule has 0 unspecified atom stereocenters. The van der Waals surface area contributed by atoms with E-state index < -0.39 is 16.0 Å². The zero-order valence-corrected chi connectivity index (χ0v) is 14.8. The molecule has 1 saturated heterocycles. The molecule has 0 aromatic carbocycles. The summed E-state index contributed by atoms with van der Waals surface area (Å²) >= 11 is 6.84. The lowest BCUT2D eigenvalue weighted by molar-refractivity contribution is 0.0697. The molecule has 0 saturated carbocycles. The van der Waals surface area contributed by atoms with Gasteiger partial charge in [0, 0.05) is 32.4 Å². The summed E-state index contributed by atoms with van der Waals surface area (Å²) in [5.74, 6) is -0.692. The third-order valence-electron chi connectivity index (χ3n) is 3.70. The Bertz CT molecular complexity index is 860. The molecule has 1 fully saturated rings. The van der Waals surface area contributed by atoms with Gasteiger partial charge < -0.3 is 10.0 Å². The summed E-state index contributed by atoms with van der Waals surface area (Å²) in [5, 5.41) is 9.24. The number of pyridine rings is 1. The van der Waals surface area contributed by atoms with E-state index in [0.717, 1.165) is 11.3 Å². The number of nitrogens with zero attached hydrogens (tertiary/aromatic N) is 3. The summed E-state index contributed by atoms with van der Waals surface area (Å²) in [7, 11) is -3.57. The van der Waals surface area contributed by atoms with Crippen molar-refractivity contribution in [1.82, 2.24) is 9.29 Å². The van der Waals surface area contributed by atoms with Gasteiger partial charge >= 0.3 is 5.97 Å². The van der Waals surface area contributed by atoms with Crippen molar-refractivity contribution < 1.29 is 18.3 Å². The molecule has 1 aliphatic rings. The van der Waals surface area contributed by atoms with Gasteiger partial charge in [-0.2, -0.15) is 4.31 Å². The van der Waals surface area contributed by atoms with Gasteiger partial charge in [-0.05, 0) is 24.3 Å². The van der Waals surface area contributed by atoms with Crippen LogP contribution >= 0.6 is 22.9 Å². The Morgan fingerprint density at radius 2 is 1.92 bits per heavy atom. The third kappa shape index (κ3) is 3.25. The van der Waals surface area contributed by atoms with Gasteiger partial charge in [0.2, 0.25) is 0 Å². The molecular formula is C14H14ClN3O4S2. The van der Waals surface area contributed by atoms with E-state index in [9.17, 15) is 18.3 Å². The van der Waals surface area contributed by atoms with E-state index in [-0.39, 0.29) is 22.9 Å². The van der Waals surface area contributed by atoms with Crippen LogP contribution in [0.4, 0.5) is 5.82 Å². The first-order chi connectivity index (χ1) is 11.4. The number of carboxylic acid groups (broad SMARTS) is 1. The van der Waals surface area contributed by atoms with Crippen LogP contribution in [0.25, 0.3) is 0 Å². The lowest BCUT2D eigenvalue weighted by atomic mass is 10.2. The van der Waals surface area contributed by atoms with Crippen molar-refractivity contribution in [2.24, 2.45) is 0 Å². The van der Waals surface area contributed by atoms with Gasteiger partial charge in [-0.3, -0.25) is 0 Å². The van der Waals surface area contributed by atoms with Gasteiger partial charge in [0.05, 0.1) is 4.34 Å². The topological polar surface area (TPSA) is 90.8 Å². The monoisotopic (exact) mass is 387 g/mol. The van der Waals surface area contributed by atoms with Crippen LogP contribution in [-0.2, 0) is 10.0 Å². The van der Waals surface area contributed by atoms with Crippen LogP contribution < -0.4 is 4.90 Å². The fraction of sp³-hybridized carbons (Fsp3) is 0.286. The number of anilines is 1. The van der Waals surface area contributed by atoms with Crippen molar-refractivity contribution >= 4 is 44.7 Å². The second-order valence-electron chi connectivity index (χ2n) is 5.13. The fourth-order valence-corrected chi connectivity index (χ4v) is 5.58. The predicted molar refractivity (Wildman–Crippen MR) is 91.5 cm³/mol. The molecule has 10 heteroatoms. The van der Waals surface area contributed by atoms with E-state index in [4.69, 9.17) is 11.6 Å². The van der Waals surface area contributed by atoms with Crippen LogP contribution in [0.2, 0.25) is 4.34 Å². The molecule has 2 aromatic rings. The van der Waals surface area contributed by atoms with Crippen molar-refractivity contribution in [3.63, 3.8) is 0 Å². The zero-order valence-electron chi connectivity index (χ0n) is 12.4. The molecule has 2 aromatic heterocycles. The molecule has 1 N–H and O–H groups in total. The maximum atomic E-state index is 12.6. The highest BCUT2D eigenvalue weighted by atomic mass is 35.5. The highest BCUT2D eigenvalue weighted by Gasteiger charge is 2.31. The highest BCUT2D eigenvalue weighted by molar-refractivity contribution is 7.91. The predicted octanol–water partition coefficient (Wildman–Crippen LogP) is 2.01. The summed E-state index contributed by atoms with van der Waals surface area (Å²) in [6, 6.07) is 6.11. The average Bonchev–Trinajstić information content (AvgIpc) is 3.02. The number of carboxylic acids is 1. The quantitative estimate of drug-likeness (QED) is 0.862. The number of piperazine rings is 1. The second-order valence-corrected chi connectivity index (χ2v) is 9.01. The molecule has 0 bridgehead atoms. The minimum Gasteiger partial charge on any atom is -0.478 e. The molecule has 0 atom stereocenters. The number of sulfonamides is 1. The number of rotatable bonds is 4. The van der Waals surface area contributed by atoms with Crippen molar-refractivity contribution in [1.29, 1.82) is 0 Å². The summed E-state index contributed by atoms with van der Waals surface area (Å²) in [4.78, 5) is 17.2. The van der Waals surface area contributed by atoms with E-state index >= 15 is 0 Å².